The Morgan fingerprint density at radius 2 is 0.775 bits per heavy atom. The molecule has 0 saturated heterocycles. The smallest absolute Gasteiger partial charge is 0.0897 e. The predicted molar refractivity (Wildman–Crippen MR) is 170 cm³/mol. The number of rotatable bonds is 2. The van der Waals surface area contributed by atoms with Crippen molar-refractivity contribution in [2.45, 2.75) is 0 Å². The third-order valence-corrected chi connectivity index (χ3v) is 8.19. The Kier molecular flexibility index (Phi) is 6.29. The second-order valence-electron chi connectivity index (χ2n) is 9.39. The zero-order chi connectivity index (χ0) is 27.4. The summed E-state index contributed by atoms with van der Waals surface area (Å²) in [7, 11) is 0. The van der Waals surface area contributed by atoms with Gasteiger partial charge in [-0.25, -0.2) is 9.97 Å². The molecule has 194 valence electrons. The molecule has 2 aliphatic rings. The monoisotopic (exact) mass is 598 g/mol. The summed E-state index contributed by atoms with van der Waals surface area (Å²) in [6, 6.07) is 23.2. The van der Waals surface area contributed by atoms with Crippen molar-refractivity contribution in [2.24, 2.45) is 0 Å². The van der Waals surface area contributed by atoms with Crippen LogP contribution in [0.4, 0.5) is 0 Å². The molecule has 2 aromatic carbocycles. The Labute approximate surface area is 249 Å². The fourth-order valence-electron chi connectivity index (χ4n) is 4.98. The van der Waals surface area contributed by atoms with E-state index in [4.69, 9.17) is 56.4 Å². The summed E-state index contributed by atoms with van der Waals surface area (Å²) in [5, 5.41) is 2.33. The van der Waals surface area contributed by atoms with Gasteiger partial charge in [0.25, 0.3) is 0 Å². The Morgan fingerprint density at radius 3 is 1.23 bits per heavy atom. The molecule has 0 amide bonds. The number of hydrogen-bond acceptors (Lipinski definition) is 2. The first-order chi connectivity index (χ1) is 19.4. The van der Waals surface area contributed by atoms with Crippen LogP contribution in [-0.4, -0.2) is 19.9 Å². The van der Waals surface area contributed by atoms with Crippen molar-refractivity contribution in [3.05, 3.63) is 116 Å². The lowest BCUT2D eigenvalue weighted by Crippen LogP contribution is -1.89. The van der Waals surface area contributed by atoms with Crippen molar-refractivity contribution in [2.75, 3.05) is 0 Å². The van der Waals surface area contributed by atoms with Gasteiger partial charge >= 0.3 is 0 Å². The average Bonchev–Trinajstić information content (AvgIpc) is 3.78. The highest BCUT2D eigenvalue weighted by atomic mass is 35.5. The molecule has 0 aliphatic carbocycles. The molecular formula is C32H18Cl4N4. The van der Waals surface area contributed by atoms with Gasteiger partial charge < -0.3 is 9.97 Å². The van der Waals surface area contributed by atoms with Crippen LogP contribution >= 0.6 is 46.4 Å². The molecule has 40 heavy (non-hydrogen) atoms. The maximum absolute atomic E-state index is 6.93. The van der Waals surface area contributed by atoms with E-state index < -0.39 is 0 Å². The number of aromatic amines is 2. The fraction of sp³-hybridized carbons (Fsp3) is 0. The van der Waals surface area contributed by atoms with Crippen molar-refractivity contribution in [1.29, 1.82) is 0 Å². The zero-order valence-electron chi connectivity index (χ0n) is 20.6. The molecule has 5 aromatic rings. The molecule has 8 heteroatoms. The SMILES string of the molecule is Clc1ccc(-c2c3nc(c(Cl)c4ccc([nH]4)c(-c4ccc(Cl)cc4)c4ccc([nH]4)c(Cl)c4nc2C=C4)C=C3)cc1. The Balaban J connectivity index is 1.61. The first-order valence-corrected chi connectivity index (χ1v) is 13.9. The quantitative estimate of drug-likeness (QED) is 0.208. The normalized spacial score (nSPS) is 12.3. The molecule has 0 fully saturated rings. The first kappa shape index (κ1) is 25.2. The lowest BCUT2D eigenvalue weighted by molar-refractivity contribution is 1.28. The number of hydrogen-bond donors (Lipinski definition) is 2. The van der Waals surface area contributed by atoms with Gasteiger partial charge in [0.1, 0.15) is 0 Å². The minimum Gasteiger partial charge on any atom is -0.354 e. The second-order valence-corrected chi connectivity index (χ2v) is 11.0. The Bertz CT molecular complexity index is 1930. The van der Waals surface area contributed by atoms with E-state index in [1.165, 1.54) is 0 Å². The van der Waals surface area contributed by atoms with Crippen molar-refractivity contribution in [3.63, 3.8) is 0 Å². The summed E-state index contributed by atoms with van der Waals surface area (Å²) in [6.07, 6.45) is 7.72. The third kappa shape index (κ3) is 4.43. The molecule has 8 bridgehead atoms. The predicted octanol–water partition coefficient (Wildman–Crippen LogP) is 10.6. The summed E-state index contributed by atoms with van der Waals surface area (Å²) >= 11 is 26.2. The van der Waals surface area contributed by atoms with Crippen LogP contribution < -0.4 is 0 Å². The molecule has 0 radical (unpaired) electrons. The summed E-state index contributed by atoms with van der Waals surface area (Å²) in [4.78, 5) is 16.8. The molecule has 2 aliphatic heterocycles. The van der Waals surface area contributed by atoms with E-state index in [1.54, 1.807) is 0 Å². The number of aromatic nitrogens is 4. The number of benzene rings is 2. The number of fused-ring (bicyclic) bond motifs is 8. The summed E-state index contributed by atoms with van der Waals surface area (Å²) in [5.74, 6) is 0. The molecular weight excluding hydrogens is 582 g/mol. The van der Waals surface area contributed by atoms with Gasteiger partial charge in [0.05, 0.1) is 43.9 Å². The minimum absolute atomic E-state index is 0.509. The van der Waals surface area contributed by atoms with E-state index in [9.17, 15) is 0 Å². The van der Waals surface area contributed by atoms with E-state index in [1.807, 2.05) is 97.1 Å². The number of H-pyrrole nitrogens is 2. The Hall–Kier alpha value is -3.80. The van der Waals surface area contributed by atoms with Crippen LogP contribution in [0, 0.1) is 0 Å². The lowest BCUT2D eigenvalue weighted by Gasteiger charge is -2.05. The van der Waals surface area contributed by atoms with Gasteiger partial charge in [-0.2, -0.15) is 0 Å². The molecule has 4 nitrogen and oxygen atoms in total. The van der Waals surface area contributed by atoms with Crippen molar-refractivity contribution < 1.29 is 0 Å². The second kappa shape index (κ2) is 9.99. The first-order valence-electron chi connectivity index (χ1n) is 12.4. The van der Waals surface area contributed by atoms with E-state index in [0.717, 1.165) is 55.7 Å². The van der Waals surface area contributed by atoms with Crippen LogP contribution in [0.3, 0.4) is 0 Å². The van der Waals surface area contributed by atoms with Crippen LogP contribution in [0.2, 0.25) is 20.1 Å². The van der Waals surface area contributed by atoms with Crippen LogP contribution in [0.25, 0.3) is 68.6 Å². The summed E-state index contributed by atoms with van der Waals surface area (Å²) in [5.41, 5.74) is 9.73. The third-order valence-electron chi connectivity index (χ3n) is 6.89. The van der Waals surface area contributed by atoms with Gasteiger partial charge in [-0.05, 0) is 84.0 Å². The summed E-state index contributed by atoms with van der Waals surface area (Å²) < 4.78 is 0. The van der Waals surface area contributed by atoms with Gasteiger partial charge in [-0.1, -0.05) is 70.7 Å². The molecule has 5 heterocycles. The average molecular weight is 600 g/mol. The number of nitrogens with zero attached hydrogens (tertiary/aromatic N) is 2. The van der Waals surface area contributed by atoms with Gasteiger partial charge in [0.15, 0.2) is 0 Å². The van der Waals surface area contributed by atoms with Crippen LogP contribution in [-0.2, 0) is 0 Å². The maximum atomic E-state index is 6.93. The van der Waals surface area contributed by atoms with Crippen LogP contribution in [0.5, 0.6) is 0 Å². The molecule has 0 unspecified atom stereocenters. The van der Waals surface area contributed by atoms with E-state index >= 15 is 0 Å². The van der Waals surface area contributed by atoms with Gasteiger partial charge in [-0.3, -0.25) is 0 Å². The van der Waals surface area contributed by atoms with Gasteiger partial charge in [-0.15, -0.1) is 0 Å². The highest BCUT2D eigenvalue weighted by Crippen LogP contribution is 2.36. The number of nitrogens with one attached hydrogen (secondary N) is 2. The fourth-order valence-corrected chi connectivity index (χ4v) is 5.66. The molecule has 0 spiro atoms. The number of halogens is 4. The molecule has 2 N–H and O–H groups in total. The molecule has 0 atom stereocenters. The van der Waals surface area contributed by atoms with E-state index in [0.29, 0.717) is 31.5 Å². The highest BCUT2D eigenvalue weighted by Gasteiger charge is 2.17. The molecule has 3 aromatic heterocycles. The summed E-state index contributed by atoms with van der Waals surface area (Å²) in [6.45, 7) is 0. The van der Waals surface area contributed by atoms with Crippen molar-refractivity contribution in [3.8, 4) is 22.3 Å². The van der Waals surface area contributed by atoms with Gasteiger partial charge in [0.2, 0.25) is 0 Å². The van der Waals surface area contributed by atoms with Crippen LogP contribution in [0.15, 0.2) is 72.8 Å². The van der Waals surface area contributed by atoms with Gasteiger partial charge in [0, 0.05) is 32.2 Å². The maximum Gasteiger partial charge on any atom is 0.0897 e. The topological polar surface area (TPSA) is 57.4 Å². The minimum atomic E-state index is 0.509. The lowest BCUT2D eigenvalue weighted by atomic mass is 10.0. The molecule has 0 saturated carbocycles. The largest absolute Gasteiger partial charge is 0.354 e. The van der Waals surface area contributed by atoms with Crippen molar-refractivity contribution in [1.82, 2.24) is 19.9 Å². The molecule has 7 rings (SSSR count). The van der Waals surface area contributed by atoms with Crippen LogP contribution in [0.1, 0.15) is 22.8 Å². The standard InChI is InChI=1S/C32H18Cl4N4/c33-19-5-1-17(2-6-19)29-21-9-13-25(37-21)31(35)27-15-11-23(39-27)30(18-3-7-20(34)8-4-18)24-12-16-28(40-24)32(36)26-14-10-22(29)38-26/h1-16,37-38H. The van der Waals surface area contributed by atoms with E-state index in [2.05, 4.69) is 9.97 Å². The zero-order valence-corrected chi connectivity index (χ0v) is 23.7. The Morgan fingerprint density at radius 1 is 0.400 bits per heavy atom. The highest BCUT2D eigenvalue weighted by molar-refractivity contribution is 6.36. The van der Waals surface area contributed by atoms with E-state index in [-0.39, 0.29) is 0 Å². The van der Waals surface area contributed by atoms with Crippen molar-refractivity contribution >= 4 is 92.8 Å².